The molecule has 31 heavy (non-hydrogen) atoms. The van der Waals surface area contributed by atoms with E-state index < -0.39 is 0 Å². The summed E-state index contributed by atoms with van der Waals surface area (Å²) in [6, 6.07) is 14.9. The molecule has 0 spiro atoms. The average Bonchev–Trinajstić information content (AvgIpc) is 3.15. The van der Waals surface area contributed by atoms with Gasteiger partial charge in [-0.15, -0.1) is 0 Å². The van der Waals surface area contributed by atoms with E-state index in [0.717, 1.165) is 55.6 Å². The van der Waals surface area contributed by atoms with E-state index in [1.807, 2.05) is 37.3 Å². The third kappa shape index (κ3) is 4.53. The molecule has 4 nitrogen and oxygen atoms in total. The van der Waals surface area contributed by atoms with Crippen LogP contribution in [0.1, 0.15) is 61.1 Å². The molecule has 2 aromatic carbocycles. The molecule has 0 saturated carbocycles. The number of nitrogens with zero attached hydrogens (tertiary/aromatic N) is 1. The molecule has 1 saturated heterocycles. The summed E-state index contributed by atoms with van der Waals surface area (Å²) >= 11 is 0. The summed E-state index contributed by atoms with van der Waals surface area (Å²) in [6.07, 6.45) is 2.95. The number of amides is 1. The van der Waals surface area contributed by atoms with Crippen LogP contribution in [0.2, 0.25) is 0 Å². The van der Waals surface area contributed by atoms with Crippen molar-refractivity contribution >= 4 is 5.91 Å². The second kappa shape index (κ2) is 8.71. The number of carbonyl (C=O) groups excluding carboxylic acids is 1. The zero-order chi connectivity index (χ0) is 22.1. The lowest BCUT2D eigenvalue weighted by molar-refractivity contribution is 0.0377. The van der Waals surface area contributed by atoms with Crippen molar-refractivity contribution in [3.05, 3.63) is 71.0 Å². The summed E-state index contributed by atoms with van der Waals surface area (Å²) in [5.74, 6) is -0.187. The van der Waals surface area contributed by atoms with Gasteiger partial charge in [-0.05, 0) is 75.9 Å². The van der Waals surface area contributed by atoms with Gasteiger partial charge in [-0.1, -0.05) is 30.3 Å². The molecule has 0 aromatic heterocycles. The number of fused-ring (bicyclic) bond motifs is 1. The van der Waals surface area contributed by atoms with Crippen LogP contribution in [0, 0.1) is 11.2 Å². The molecule has 1 amide bonds. The molecule has 2 unspecified atom stereocenters. The normalized spacial score (nSPS) is 25.3. The van der Waals surface area contributed by atoms with Gasteiger partial charge >= 0.3 is 0 Å². The molecule has 1 N–H and O–H groups in total. The Morgan fingerprint density at radius 3 is 2.65 bits per heavy atom. The van der Waals surface area contributed by atoms with Gasteiger partial charge in [0.05, 0.1) is 18.2 Å². The van der Waals surface area contributed by atoms with E-state index >= 15 is 0 Å². The molecule has 2 heterocycles. The van der Waals surface area contributed by atoms with Crippen LogP contribution < -0.4 is 5.32 Å². The number of likely N-dealkylation sites (tertiary alicyclic amines) is 1. The predicted octanol–water partition coefficient (Wildman–Crippen LogP) is 4.75. The number of nitrogens with one attached hydrogen (secondary N) is 1. The molecular formula is C26H33FN2O2. The molecule has 0 bridgehead atoms. The minimum Gasteiger partial charge on any atom is -0.381 e. The monoisotopic (exact) mass is 424 g/mol. The third-order valence-corrected chi connectivity index (χ3v) is 6.92. The minimum atomic E-state index is -0.357. The molecule has 2 aliphatic heterocycles. The van der Waals surface area contributed by atoms with Crippen LogP contribution in [0.4, 0.5) is 4.39 Å². The first-order valence-corrected chi connectivity index (χ1v) is 11.3. The van der Waals surface area contributed by atoms with Gasteiger partial charge in [0.1, 0.15) is 5.82 Å². The first-order chi connectivity index (χ1) is 14.8. The molecule has 1 fully saturated rings. The van der Waals surface area contributed by atoms with Gasteiger partial charge in [0, 0.05) is 24.1 Å². The number of halogens is 1. The van der Waals surface area contributed by atoms with Crippen molar-refractivity contribution < 1.29 is 13.9 Å². The lowest BCUT2D eigenvalue weighted by Gasteiger charge is -2.45. The fourth-order valence-corrected chi connectivity index (χ4v) is 5.38. The molecule has 0 radical (unpaired) electrons. The molecular weight excluding hydrogens is 391 g/mol. The Labute approximate surface area is 184 Å². The topological polar surface area (TPSA) is 41.6 Å². The van der Waals surface area contributed by atoms with Crippen LogP contribution in [-0.4, -0.2) is 42.6 Å². The predicted molar refractivity (Wildman–Crippen MR) is 121 cm³/mol. The highest BCUT2D eigenvalue weighted by molar-refractivity contribution is 5.97. The number of benzene rings is 2. The van der Waals surface area contributed by atoms with E-state index in [1.54, 1.807) is 0 Å². The highest BCUT2D eigenvalue weighted by Gasteiger charge is 2.48. The van der Waals surface area contributed by atoms with Crippen LogP contribution in [0.25, 0.3) is 0 Å². The largest absolute Gasteiger partial charge is 0.381 e. The van der Waals surface area contributed by atoms with Crippen molar-refractivity contribution in [1.82, 2.24) is 10.2 Å². The maximum atomic E-state index is 13.3. The highest BCUT2D eigenvalue weighted by atomic mass is 19.1. The van der Waals surface area contributed by atoms with Crippen molar-refractivity contribution in [3.63, 3.8) is 0 Å². The third-order valence-electron chi connectivity index (χ3n) is 6.92. The molecule has 2 atom stereocenters. The van der Waals surface area contributed by atoms with E-state index in [-0.39, 0.29) is 28.7 Å². The smallest absolute Gasteiger partial charge is 0.252 e. The molecule has 2 aromatic rings. The van der Waals surface area contributed by atoms with E-state index in [0.29, 0.717) is 6.61 Å². The summed E-state index contributed by atoms with van der Waals surface area (Å²) in [6.45, 7) is 9.59. The summed E-state index contributed by atoms with van der Waals surface area (Å²) < 4.78 is 19.2. The summed E-state index contributed by atoms with van der Waals surface area (Å²) in [5.41, 5.74) is 2.75. The number of rotatable bonds is 7. The van der Waals surface area contributed by atoms with Crippen LogP contribution in [0.5, 0.6) is 0 Å². The zero-order valence-electron chi connectivity index (χ0n) is 18.8. The summed E-state index contributed by atoms with van der Waals surface area (Å²) in [7, 11) is 0. The SMILES string of the molecule is CCOCC1(CCc2ccc(F)cc2)CCN(C2c3ccccc3C(=O)NC2(C)C)C1. The van der Waals surface area contributed by atoms with Crippen molar-refractivity contribution in [2.45, 2.75) is 51.6 Å². The Kier molecular flexibility index (Phi) is 6.18. The lowest BCUT2D eigenvalue weighted by Crippen LogP contribution is -2.57. The minimum absolute atomic E-state index is 0.00735. The van der Waals surface area contributed by atoms with Crippen LogP contribution in [0.3, 0.4) is 0 Å². The van der Waals surface area contributed by atoms with Crippen molar-refractivity contribution in [3.8, 4) is 0 Å². The van der Waals surface area contributed by atoms with Crippen LogP contribution in [-0.2, 0) is 11.2 Å². The second-order valence-corrected chi connectivity index (χ2v) is 9.65. The Hall–Kier alpha value is -2.24. The Balaban J connectivity index is 1.57. The maximum absolute atomic E-state index is 13.3. The van der Waals surface area contributed by atoms with Gasteiger partial charge in [-0.25, -0.2) is 4.39 Å². The van der Waals surface area contributed by atoms with E-state index in [1.165, 1.54) is 12.1 Å². The van der Waals surface area contributed by atoms with Gasteiger partial charge in [0.2, 0.25) is 0 Å². The van der Waals surface area contributed by atoms with Crippen molar-refractivity contribution in [2.24, 2.45) is 5.41 Å². The van der Waals surface area contributed by atoms with Gasteiger partial charge in [-0.2, -0.15) is 0 Å². The molecule has 0 aliphatic carbocycles. The van der Waals surface area contributed by atoms with E-state index in [9.17, 15) is 9.18 Å². The standard InChI is InChI=1S/C26H33FN2O2/c1-4-31-18-26(14-13-19-9-11-20(27)12-10-19)15-16-29(17-26)23-21-7-5-6-8-22(21)24(30)28-25(23,2)3/h5-12,23H,4,13-18H2,1-3H3,(H,28,30). The van der Waals surface area contributed by atoms with Gasteiger partial charge in [-0.3, -0.25) is 9.69 Å². The number of hydrogen-bond acceptors (Lipinski definition) is 3. The fraction of sp³-hybridized carbons (Fsp3) is 0.500. The molecule has 5 heteroatoms. The zero-order valence-corrected chi connectivity index (χ0v) is 18.8. The van der Waals surface area contributed by atoms with Gasteiger partial charge < -0.3 is 10.1 Å². The van der Waals surface area contributed by atoms with Crippen molar-refractivity contribution in [2.75, 3.05) is 26.3 Å². The van der Waals surface area contributed by atoms with Crippen LogP contribution in [0.15, 0.2) is 48.5 Å². The summed E-state index contributed by atoms with van der Waals surface area (Å²) in [5, 5.41) is 3.23. The molecule has 4 rings (SSSR count). The molecule has 166 valence electrons. The van der Waals surface area contributed by atoms with Crippen molar-refractivity contribution in [1.29, 1.82) is 0 Å². The number of carbonyl (C=O) groups is 1. The number of aryl methyl sites for hydroxylation is 1. The van der Waals surface area contributed by atoms with E-state index in [2.05, 4.69) is 30.1 Å². The van der Waals surface area contributed by atoms with Gasteiger partial charge in [0.25, 0.3) is 5.91 Å². The first kappa shape index (κ1) is 22.0. The number of ether oxygens (including phenoxy) is 1. The quantitative estimate of drug-likeness (QED) is 0.697. The second-order valence-electron chi connectivity index (χ2n) is 9.65. The highest BCUT2D eigenvalue weighted by Crippen LogP contribution is 2.44. The number of hydrogen-bond donors (Lipinski definition) is 1. The summed E-state index contributed by atoms with van der Waals surface area (Å²) in [4.78, 5) is 15.2. The maximum Gasteiger partial charge on any atom is 0.252 e. The van der Waals surface area contributed by atoms with Gasteiger partial charge in [0.15, 0.2) is 0 Å². The van der Waals surface area contributed by atoms with E-state index in [4.69, 9.17) is 4.74 Å². The molecule has 2 aliphatic rings. The van der Waals surface area contributed by atoms with Crippen LogP contribution >= 0.6 is 0 Å². The first-order valence-electron chi connectivity index (χ1n) is 11.3. The Morgan fingerprint density at radius 2 is 1.90 bits per heavy atom. The Bertz CT molecular complexity index is 927. The Morgan fingerprint density at radius 1 is 1.16 bits per heavy atom. The average molecular weight is 425 g/mol. The lowest BCUT2D eigenvalue weighted by atomic mass is 9.80. The fourth-order valence-electron chi connectivity index (χ4n) is 5.38.